The van der Waals surface area contributed by atoms with E-state index in [1.54, 1.807) is 19.1 Å². The van der Waals surface area contributed by atoms with Crippen LogP contribution in [-0.2, 0) is 16.1 Å². The van der Waals surface area contributed by atoms with Crippen LogP contribution in [0.2, 0.25) is 0 Å². The summed E-state index contributed by atoms with van der Waals surface area (Å²) in [6, 6.07) is 10.9. The molecule has 0 aliphatic heterocycles. The summed E-state index contributed by atoms with van der Waals surface area (Å²) in [4.78, 5) is 26.6. The van der Waals surface area contributed by atoms with Crippen molar-refractivity contribution >= 4 is 11.8 Å². The topological polar surface area (TPSA) is 58.6 Å². The maximum absolute atomic E-state index is 13.2. The molecule has 5 nitrogen and oxygen atoms in total. The van der Waals surface area contributed by atoms with Gasteiger partial charge in [-0.2, -0.15) is 0 Å². The molecule has 1 atom stereocenters. The van der Waals surface area contributed by atoms with Crippen LogP contribution in [0.3, 0.4) is 0 Å². The first kappa shape index (κ1) is 21.4. The first-order chi connectivity index (χ1) is 13.3. The van der Waals surface area contributed by atoms with Crippen LogP contribution in [0.25, 0.3) is 0 Å². The van der Waals surface area contributed by atoms with Crippen molar-refractivity contribution < 1.29 is 18.7 Å². The summed E-state index contributed by atoms with van der Waals surface area (Å²) >= 11 is 0. The van der Waals surface area contributed by atoms with Gasteiger partial charge in [0.1, 0.15) is 17.6 Å². The third kappa shape index (κ3) is 6.08. The van der Waals surface area contributed by atoms with Gasteiger partial charge < -0.3 is 15.0 Å². The summed E-state index contributed by atoms with van der Waals surface area (Å²) < 4.78 is 18.9. The maximum atomic E-state index is 13.2. The summed E-state index contributed by atoms with van der Waals surface area (Å²) in [7, 11) is 0. The summed E-state index contributed by atoms with van der Waals surface area (Å²) in [5.41, 5.74) is 2.82. The molecule has 0 saturated heterocycles. The molecule has 0 spiro atoms. The molecule has 0 heterocycles. The molecule has 2 rings (SSSR count). The van der Waals surface area contributed by atoms with Crippen LogP contribution >= 0.6 is 0 Å². The predicted molar refractivity (Wildman–Crippen MR) is 107 cm³/mol. The van der Waals surface area contributed by atoms with Crippen molar-refractivity contribution in [3.05, 3.63) is 65.0 Å². The van der Waals surface area contributed by atoms with Gasteiger partial charge in [-0.1, -0.05) is 18.2 Å². The lowest BCUT2D eigenvalue weighted by atomic mass is 10.1. The molecule has 150 valence electrons. The van der Waals surface area contributed by atoms with E-state index in [-0.39, 0.29) is 30.8 Å². The molecule has 2 aromatic rings. The molecule has 1 unspecified atom stereocenters. The molecule has 2 aromatic carbocycles. The van der Waals surface area contributed by atoms with Crippen LogP contribution in [0.4, 0.5) is 4.39 Å². The minimum Gasteiger partial charge on any atom is -0.484 e. The Kier molecular flexibility index (Phi) is 7.55. The Hall–Kier alpha value is -2.89. The van der Waals surface area contributed by atoms with Crippen LogP contribution in [-0.4, -0.2) is 35.9 Å². The lowest BCUT2D eigenvalue weighted by Gasteiger charge is -2.28. The van der Waals surface area contributed by atoms with Gasteiger partial charge in [0.05, 0.1) is 0 Å². The third-order valence-electron chi connectivity index (χ3n) is 4.34. The first-order valence-corrected chi connectivity index (χ1v) is 9.33. The van der Waals surface area contributed by atoms with Crippen molar-refractivity contribution in [1.82, 2.24) is 10.2 Å². The number of rotatable bonds is 8. The fourth-order valence-corrected chi connectivity index (χ4v) is 2.94. The van der Waals surface area contributed by atoms with Crippen molar-refractivity contribution in [3.8, 4) is 5.75 Å². The molecule has 0 fully saturated rings. The van der Waals surface area contributed by atoms with E-state index in [0.29, 0.717) is 12.3 Å². The molecular formula is C22H27FN2O3. The van der Waals surface area contributed by atoms with Gasteiger partial charge in [0.2, 0.25) is 5.91 Å². The Morgan fingerprint density at radius 2 is 1.71 bits per heavy atom. The molecular weight excluding hydrogens is 359 g/mol. The van der Waals surface area contributed by atoms with E-state index in [1.807, 2.05) is 39.0 Å². The zero-order chi connectivity index (χ0) is 20.7. The number of hydrogen-bond donors (Lipinski definition) is 1. The average molecular weight is 386 g/mol. The summed E-state index contributed by atoms with van der Waals surface area (Å²) in [6.07, 6.45) is 0. The van der Waals surface area contributed by atoms with Crippen LogP contribution in [0, 0.1) is 19.7 Å². The van der Waals surface area contributed by atoms with E-state index < -0.39 is 6.04 Å². The van der Waals surface area contributed by atoms with E-state index in [9.17, 15) is 14.0 Å². The van der Waals surface area contributed by atoms with E-state index in [0.717, 1.165) is 16.7 Å². The summed E-state index contributed by atoms with van der Waals surface area (Å²) in [5, 5.41) is 2.73. The highest BCUT2D eigenvalue weighted by molar-refractivity contribution is 5.87. The van der Waals surface area contributed by atoms with Crippen molar-refractivity contribution in [1.29, 1.82) is 0 Å². The Labute approximate surface area is 165 Å². The average Bonchev–Trinajstić information content (AvgIpc) is 2.64. The zero-order valence-corrected chi connectivity index (χ0v) is 16.8. The fourth-order valence-electron chi connectivity index (χ4n) is 2.94. The Balaban J connectivity index is 2.14. The van der Waals surface area contributed by atoms with Gasteiger partial charge in [-0.3, -0.25) is 9.59 Å². The van der Waals surface area contributed by atoms with Crippen LogP contribution in [0.5, 0.6) is 5.75 Å². The van der Waals surface area contributed by atoms with Crippen LogP contribution in [0.15, 0.2) is 42.5 Å². The van der Waals surface area contributed by atoms with Crippen molar-refractivity contribution in [3.63, 3.8) is 0 Å². The number of hydrogen-bond acceptors (Lipinski definition) is 3. The molecule has 0 bridgehead atoms. The molecule has 6 heteroatoms. The SMILES string of the molecule is CCNC(=O)C(C)N(Cc1ccc(F)cc1)C(=O)COc1cc(C)cc(C)c1. The Morgan fingerprint density at radius 1 is 1.11 bits per heavy atom. The van der Waals surface area contributed by atoms with Crippen LogP contribution < -0.4 is 10.1 Å². The second-order valence-corrected chi connectivity index (χ2v) is 6.83. The summed E-state index contributed by atoms with van der Waals surface area (Å²) in [5.74, 6) is -0.304. The smallest absolute Gasteiger partial charge is 0.261 e. The highest BCUT2D eigenvalue weighted by Crippen LogP contribution is 2.17. The van der Waals surface area contributed by atoms with E-state index in [2.05, 4.69) is 5.32 Å². The fraction of sp³-hybridized carbons (Fsp3) is 0.364. The van der Waals surface area contributed by atoms with E-state index in [1.165, 1.54) is 17.0 Å². The van der Waals surface area contributed by atoms with Crippen molar-refractivity contribution in [2.24, 2.45) is 0 Å². The Morgan fingerprint density at radius 3 is 2.29 bits per heavy atom. The molecule has 0 radical (unpaired) electrons. The largest absolute Gasteiger partial charge is 0.484 e. The molecule has 2 amide bonds. The standard InChI is InChI=1S/C22H27FN2O3/c1-5-24-22(27)17(4)25(13-18-6-8-19(23)9-7-18)21(26)14-28-20-11-15(2)10-16(3)12-20/h6-12,17H,5,13-14H2,1-4H3,(H,24,27). The third-order valence-corrected chi connectivity index (χ3v) is 4.34. The van der Waals surface area contributed by atoms with Crippen molar-refractivity contribution in [2.45, 2.75) is 40.3 Å². The van der Waals surface area contributed by atoms with Gasteiger partial charge in [0.25, 0.3) is 5.91 Å². The Bertz CT molecular complexity index is 801. The van der Waals surface area contributed by atoms with Gasteiger partial charge in [-0.15, -0.1) is 0 Å². The van der Waals surface area contributed by atoms with Crippen molar-refractivity contribution in [2.75, 3.05) is 13.2 Å². The number of halogens is 1. The van der Waals surface area contributed by atoms with Gasteiger partial charge in [0, 0.05) is 13.1 Å². The van der Waals surface area contributed by atoms with Gasteiger partial charge in [0.15, 0.2) is 6.61 Å². The molecule has 0 aromatic heterocycles. The second-order valence-electron chi connectivity index (χ2n) is 6.83. The number of nitrogens with one attached hydrogen (secondary N) is 1. The number of ether oxygens (including phenoxy) is 1. The number of likely N-dealkylation sites (N-methyl/N-ethyl adjacent to an activating group) is 1. The number of benzene rings is 2. The van der Waals surface area contributed by atoms with Gasteiger partial charge >= 0.3 is 0 Å². The highest BCUT2D eigenvalue weighted by atomic mass is 19.1. The first-order valence-electron chi connectivity index (χ1n) is 9.33. The molecule has 0 aliphatic carbocycles. The molecule has 28 heavy (non-hydrogen) atoms. The molecule has 0 aliphatic rings. The second kappa shape index (κ2) is 9.88. The minimum absolute atomic E-state index is 0.187. The predicted octanol–water partition coefficient (Wildman–Crippen LogP) is 3.37. The lowest BCUT2D eigenvalue weighted by molar-refractivity contribution is -0.142. The highest BCUT2D eigenvalue weighted by Gasteiger charge is 2.26. The number of amides is 2. The number of aryl methyl sites for hydroxylation is 2. The van der Waals surface area contributed by atoms with E-state index >= 15 is 0 Å². The minimum atomic E-state index is -0.680. The lowest BCUT2D eigenvalue weighted by Crippen LogP contribution is -2.49. The van der Waals surface area contributed by atoms with Crippen LogP contribution in [0.1, 0.15) is 30.5 Å². The van der Waals surface area contributed by atoms with Gasteiger partial charge in [-0.25, -0.2) is 4.39 Å². The quantitative estimate of drug-likeness (QED) is 0.757. The van der Waals surface area contributed by atoms with E-state index in [4.69, 9.17) is 4.74 Å². The molecule has 1 N–H and O–H groups in total. The normalized spacial score (nSPS) is 11.6. The summed E-state index contributed by atoms with van der Waals surface area (Å²) in [6.45, 7) is 7.88. The monoisotopic (exact) mass is 386 g/mol. The number of carbonyl (C=O) groups excluding carboxylic acids is 2. The number of carbonyl (C=O) groups is 2. The van der Waals surface area contributed by atoms with Gasteiger partial charge in [-0.05, 0) is 68.7 Å². The maximum Gasteiger partial charge on any atom is 0.261 e. The zero-order valence-electron chi connectivity index (χ0n) is 16.8. The number of nitrogens with zero attached hydrogens (tertiary/aromatic N) is 1. The molecule has 0 saturated carbocycles.